The molecular weight excluding hydrogens is 238 g/mol. The molecule has 4 heteroatoms. The van der Waals surface area contributed by atoms with E-state index in [-0.39, 0.29) is 0 Å². The Morgan fingerprint density at radius 3 is 2.84 bits per heavy atom. The second kappa shape index (κ2) is 6.11. The highest BCUT2D eigenvalue weighted by molar-refractivity contribution is 5.92. The van der Waals surface area contributed by atoms with Gasteiger partial charge in [0.25, 0.3) is 0 Å². The Morgan fingerprint density at radius 1 is 1.26 bits per heavy atom. The molecule has 19 heavy (non-hydrogen) atoms. The SMILES string of the molecule is Cc1cccnc1CNCc1cccc(C(N)=O)c1. The van der Waals surface area contributed by atoms with E-state index < -0.39 is 5.91 Å². The van der Waals surface area contributed by atoms with E-state index in [1.165, 1.54) is 5.56 Å². The quantitative estimate of drug-likeness (QED) is 0.855. The predicted molar refractivity (Wildman–Crippen MR) is 74.5 cm³/mol. The third kappa shape index (κ3) is 3.63. The summed E-state index contributed by atoms with van der Waals surface area (Å²) >= 11 is 0. The van der Waals surface area contributed by atoms with Gasteiger partial charge in [-0.2, -0.15) is 0 Å². The van der Waals surface area contributed by atoms with Gasteiger partial charge >= 0.3 is 0 Å². The van der Waals surface area contributed by atoms with Crippen LogP contribution in [-0.4, -0.2) is 10.9 Å². The average Bonchev–Trinajstić information content (AvgIpc) is 2.41. The van der Waals surface area contributed by atoms with Crippen molar-refractivity contribution < 1.29 is 4.79 Å². The van der Waals surface area contributed by atoms with Gasteiger partial charge in [0.2, 0.25) is 5.91 Å². The van der Waals surface area contributed by atoms with Crippen LogP contribution in [0.15, 0.2) is 42.6 Å². The van der Waals surface area contributed by atoms with Crippen LogP contribution in [0.3, 0.4) is 0 Å². The molecule has 0 unspecified atom stereocenters. The molecule has 0 saturated carbocycles. The number of benzene rings is 1. The summed E-state index contributed by atoms with van der Waals surface area (Å²) in [5.74, 6) is -0.401. The number of hydrogen-bond acceptors (Lipinski definition) is 3. The standard InChI is InChI=1S/C15H17N3O/c1-11-4-3-7-18-14(11)10-17-9-12-5-2-6-13(8-12)15(16)19/h2-8,17H,9-10H2,1H3,(H2,16,19). The van der Waals surface area contributed by atoms with Crippen LogP contribution in [0.2, 0.25) is 0 Å². The van der Waals surface area contributed by atoms with E-state index in [0.717, 1.165) is 11.3 Å². The summed E-state index contributed by atoms with van der Waals surface area (Å²) in [7, 11) is 0. The molecule has 2 aromatic rings. The van der Waals surface area contributed by atoms with E-state index in [1.807, 2.05) is 31.2 Å². The zero-order valence-electron chi connectivity index (χ0n) is 10.9. The Kier molecular flexibility index (Phi) is 4.26. The molecule has 0 aliphatic heterocycles. The number of primary amides is 1. The summed E-state index contributed by atoms with van der Waals surface area (Å²) in [6.45, 7) is 3.42. The maximum absolute atomic E-state index is 11.1. The molecule has 2 rings (SSSR count). The van der Waals surface area contributed by atoms with Gasteiger partial charge in [-0.05, 0) is 36.2 Å². The molecule has 4 nitrogen and oxygen atoms in total. The molecule has 0 atom stereocenters. The molecule has 0 bridgehead atoms. The van der Waals surface area contributed by atoms with Crippen molar-refractivity contribution in [3.8, 4) is 0 Å². The predicted octanol–water partition coefficient (Wildman–Crippen LogP) is 1.78. The smallest absolute Gasteiger partial charge is 0.248 e. The molecule has 0 saturated heterocycles. The fourth-order valence-electron chi connectivity index (χ4n) is 1.86. The summed E-state index contributed by atoms with van der Waals surface area (Å²) in [4.78, 5) is 15.4. The number of hydrogen-bond donors (Lipinski definition) is 2. The first-order valence-electron chi connectivity index (χ1n) is 6.17. The normalized spacial score (nSPS) is 10.4. The number of amides is 1. The van der Waals surface area contributed by atoms with Gasteiger partial charge in [0, 0.05) is 24.8 Å². The largest absolute Gasteiger partial charge is 0.366 e. The van der Waals surface area contributed by atoms with Crippen molar-refractivity contribution in [1.29, 1.82) is 0 Å². The van der Waals surface area contributed by atoms with Gasteiger partial charge in [-0.3, -0.25) is 9.78 Å². The van der Waals surface area contributed by atoms with Crippen LogP contribution >= 0.6 is 0 Å². The van der Waals surface area contributed by atoms with Gasteiger partial charge in [0.15, 0.2) is 0 Å². The van der Waals surface area contributed by atoms with Gasteiger partial charge in [-0.25, -0.2) is 0 Å². The summed E-state index contributed by atoms with van der Waals surface area (Å²) in [6, 6.07) is 11.3. The first kappa shape index (κ1) is 13.2. The van der Waals surface area contributed by atoms with Crippen molar-refractivity contribution in [2.45, 2.75) is 20.0 Å². The number of nitrogens with zero attached hydrogens (tertiary/aromatic N) is 1. The monoisotopic (exact) mass is 255 g/mol. The number of pyridine rings is 1. The van der Waals surface area contributed by atoms with E-state index in [9.17, 15) is 4.79 Å². The van der Waals surface area contributed by atoms with E-state index >= 15 is 0 Å². The third-order valence-corrected chi connectivity index (χ3v) is 2.95. The molecule has 98 valence electrons. The van der Waals surface area contributed by atoms with Gasteiger partial charge in [-0.1, -0.05) is 18.2 Å². The summed E-state index contributed by atoms with van der Waals surface area (Å²) in [5.41, 5.74) is 9.02. The zero-order chi connectivity index (χ0) is 13.7. The fourth-order valence-corrected chi connectivity index (χ4v) is 1.86. The summed E-state index contributed by atoms with van der Waals surface area (Å²) in [5, 5.41) is 3.31. The molecule has 0 radical (unpaired) electrons. The first-order valence-corrected chi connectivity index (χ1v) is 6.17. The van der Waals surface area contributed by atoms with Crippen LogP contribution in [0.5, 0.6) is 0 Å². The van der Waals surface area contributed by atoms with Gasteiger partial charge < -0.3 is 11.1 Å². The van der Waals surface area contributed by atoms with E-state index in [1.54, 1.807) is 18.3 Å². The van der Waals surface area contributed by atoms with Crippen molar-refractivity contribution in [2.75, 3.05) is 0 Å². The number of nitrogens with two attached hydrogens (primary N) is 1. The molecule has 1 aromatic heterocycles. The lowest BCUT2D eigenvalue weighted by molar-refractivity contribution is 0.1000. The van der Waals surface area contributed by atoms with Crippen LogP contribution in [0.25, 0.3) is 0 Å². The highest BCUT2D eigenvalue weighted by atomic mass is 16.1. The second-order valence-electron chi connectivity index (χ2n) is 4.44. The second-order valence-corrected chi connectivity index (χ2v) is 4.44. The fraction of sp³-hybridized carbons (Fsp3) is 0.200. The molecule has 0 aliphatic carbocycles. The lowest BCUT2D eigenvalue weighted by Gasteiger charge is -2.07. The minimum atomic E-state index is -0.401. The molecule has 3 N–H and O–H groups in total. The van der Waals surface area contributed by atoms with E-state index in [0.29, 0.717) is 18.7 Å². The molecule has 1 aromatic carbocycles. The van der Waals surface area contributed by atoms with Crippen LogP contribution < -0.4 is 11.1 Å². The molecule has 0 aliphatic rings. The first-order chi connectivity index (χ1) is 9.16. The number of aryl methyl sites for hydroxylation is 1. The summed E-state index contributed by atoms with van der Waals surface area (Å²) in [6.07, 6.45) is 1.79. The molecule has 0 fully saturated rings. The van der Waals surface area contributed by atoms with Crippen LogP contribution in [0.1, 0.15) is 27.2 Å². The van der Waals surface area contributed by atoms with Gasteiger partial charge in [0.1, 0.15) is 0 Å². The van der Waals surface area contributed by atoms with Gasteiger partial charge in [-0.15, -0.1) is 0 Å². The molecule has 1 amide bonds. The number of carbonyl (C=O) groups is 1. The van der Waals surface area contributed by atoms with Crippen LogP contribution in [-0.2, 0) is 13.1 Å². The lowest BCUT2D eigenvalue weighted by Crippen LogP contribution is -2.16. The van der Waals surface area contributed by atoms with Crippen molar-refractivity contribution in [3.05, 3.63) is 65.0 Å². The third-order valence-electron chi connectivity index (χ3n) is 2.95. The Balaban J connectivity index is 1.94. The topological polar surface area (TPSA) is 68.0 Å². The lowest BCUT2D eigenvalue weighted by atomic mass is 10.1. The van der Waals surface area contributed by atoms with Crippen molar-refractivity contribution in [1.82, 2.24) is 10.3 Å². The number of rotatable bonds is 5. The highest BCUT2D eigenvalue weighted by Crippen LogP contribution is 2.06. The van der Waals surface area contributed by atoms with Crippen molar-refractivity contribution in [2.24, 2.45) is 5.73 Å². The minimum Gasteiger partial charge on any atom is -0.366 e. The van der Waals surface area contributed by atoms with E-state index in [4.69, 9.17) is 5.73 Å². The number of nitrogens with one attached hydrogen (secondary N) is 1. The number of aromatic nitrogens is 1. The van der Waals surface area contributed by atoms with Crippen molar-refractivity contribution in [3.63, 3.8) is 0 Å². The van der Waals surface area contributed by atoms with Crippen LogP contribution in [0.4, 0.5) is 0 Å². The molecular formula is C15H17N3O. The molecule has 1 heterocycles. The minimum absolute atomic E-state index is 0.401. The average molecular weight is 255 g/mol. The van der Waals surface area contributed by atoms with E-state index in [2.05, 4.69) is 10.3 Å². The Hall–Kier alpha value is -2.20. The maximum atomic E-state index is 11.1. The highest BCUT2D eigenvalue weighted by Gasteiger charge is 2.02. The Bertz CT molecular complexity index is 581. The zero-order valence-corrected chi connectivity index (χ0v) is 10.9. The van der Waals surface area contributed by atoms with Gasteiger partial charge in [0.05, 0.1) is 5.69 Å². The Labute approximate surface area is 112 Å². The van der Waals surface area contributed by atoms with Crippen molar-refractivity contribution >= 4 is 5.91 Å². The molecule has 0 spiro atoms. The van der Waals surface area contributed by atoms with Crippen LogP contribution in [0, 0.1) is 6.92 Å². The Morgan fingerprint density at radius 2 is 2.11 bits per heavy atom. The number of carbonyl (C=O) groups excluding carboxylic acids is 1. The maximum Gasteiger partial charge on any atom is 0.248 e. The summed E-state index contributed by atoms with van der Waals surface area (Å²) < 4.78 is 0.